The van der Waals surface area contributed by atoms with E-state index in [4.69, 9.17) is 0 Å². The molecule has 98 valence electrons. The average molecular weight is 256 g/mol. The van der Waals surface area contributed by atoms with Crippen molar-refractivity contribution in [3.05, 3.63) is 18.0 Å². The van der Waals surface area contributed by atoms with Gasteiger partial charge in [-0.05, 0) is 13.0 Å². The number of rotatable bonds is 4. The van der Waals surface area contributed by atoms with Gasteiger partial charge in [0.1, 0.15) is 0 Å². The van der Waals surface area contributed by atoms with Crippen LogP contribution in [-0.2, 0) is 4.79 Å². The Hall–Kier alpha value is -1.79. The highest BCUT2D eigenvalue weighted by Crippen LogP contribution is 2.20. The molecule has 0 aliphatic carbocycles. The fourth-order valence-corrected chi connectivity index (χ4v) is 1.72. The molecule has 0 unspecified atom stereocenters. The average Bonchev–Trinajstić information content (AvgIpc) is 2.24. The van der Waals surface area contributed by atoms with Gasteiger partial charge in [-0.3, -0.25) is 4.79 Å². The number of aromatic nitrogens is 2. The number of aryl methyl sites for hydroxylation is 1. The summed E-state index contributed by atoms with van der Waals surface area (Å²) in [5.41, 5.74) is 0.852. The first kappa shape index (κ1) is 12.7. The molecule has 18 heavy (non-hydrogen) atoms. The second-order valence-electron chi connectivity index (χ2n) is 4.24. The molecular formula is C11H14F2N4O. The SMILES string of the molecule is Cc1ccnc(N2CC(C(=O)NCC(F)F)C2)n1. The molecule has 0 spiro atoms. The van der Waals surface area contributed by atoms with Gasteiger partial charge in [-0.1, -0.05) is 0 Å². The zero-order valence-corrected chi connectivity index (χ0v) is 9.94. The summed E-state index contributed by atoms with van der Waals surface area (Å²) >= 11 is 0. The summed E-state index contributed by atoms with van der Waals surface area (Å²) in [5.74, 6) is -0.0139. The fourth-order valence-electron chi connectivity index (χ4n) is 1.72. The van der Waals surface area contributed by atoms with E-state index in [-0.39, 0.29) is 11.8 Å². The third-order valence-electron chi connectivity index (χ3n) is 2.75. The molecule has 5 nitrogen and oxygen atoms in total. The predicted octanol–water partition coefficient (Wildman–Crippen LogP) is 0.603. The van der Waals surface area contributed by atoms with Crippen LogP contribution in [0.2, 0.25) is 0 Å². The zero-order chi connectivity index (χ0) is 13.1. The van der Waals surface area contributed by atoms with Crippen LogP contribution in [0.25, 0.3) is 0 Å². The van der Waals surface area contributed by atoms with Gasteiger partial charge in [0.25, 0.3) is 6.43 Å². The number of hydrogen-bond donors (Lipinski definition) is 1. The Morgan fingerprint density at radius 1 is 1.61 bits per heavy atom. The number of carbonyl (C=O) groups excluding carboxylic acids is 1. The van der Waals surface area contributed by atoms with Gasteiger partial charge in [-0.15, -0.1) is 0 Å². The van der Waals surface area contributed by atoms with E-state index in [0.717, 1.165) is 5.69 Å². The summed E-state index contributed by atoms with van der Waals surface area (Å²) in [5, 5.41) is 2.21. The van der Waals surface area contributed by atoms with E-state index in [1.165, 1.54) is 0 Å². The molecule has 1 aliphatic heterocycles. The smallest absolute Gasteiger partial charge is 0.255 e. The fraction of sp³-hybridized carbons (Fsp3) is 0.545. The molecule has 0 bridgehead atoms. The van der Waals surface area contributed by atoms with Crippen molar-refractivity contribution in [2.24, 2.45) is 5.92 Å². The number of halogens is 2. The van der Waals surface area contributed by atoms with E-state index < -0.39 is 13.0 Å². The Bertz CT molecular complexity index is 435. The Morgan fingerprint density at radius 3 is 2.94 bits per heavy atom. The minimum absolute atomic E-state index is 0.257. The first-order chi connectivity index (χ1) is 8.56. The summed E-state index contributed by atoms with van der Waals surface area (Å²) in [7, 11) is 0. The van der Waals surface area contributed by atoms with Crippen LogP contribution < -0.4 is 10.2 Å². The quantitative estimate of drug-likeness (QED) is 0.857. The van der Waals surface area contributed by atoms with Crippen molar-refractivity contribution in [2.75, 3.05) is 24.5 Å². The Balaban J connectivity index is 1.81. The van der Waals surface area contributed by atoms with E-state index in [1.807, 2.05) is 11.8 Å². The molecule has 1 fully saturated rings. The van der Waals surface area contributed by atoms with Crippen LogP contribution in [0.1, 0.15) is 5.69 Å². The van der Waals surface area contributed by atoms with Crippen LogP contribution in [0.15, 0.2) is 12.3 Å². The molecule has 7 heteroatoms. The normalized spacial score (nSPS) is 15.7. The van der Waals surface area contributed by atoms with E-state index in [0.29, 0.717) is 19.0 Å². The monoisotopic (exact) mass is 256 g/mol. The first-order valence-corrected chi connectivity index (χ1v) is 5.66. The van der Waals surface area contributed by atoms with Crippen LogP contribution in [0.5, 0.6) is 0 Å². The second kappa shape index (κ2) is 5.24. The highest BCUT2D eigenvalue weighted by Gasteiger charge is 2.34. The van der Waals surface area contributed by atoms with Crippen molar-refractivity contribution in [3.63, 3.8) is 0 Å². The van der Waals surface area contributed by atoms with E-state index in [1.54, 1.807) is 12.3 Å². The van der Waals surface area contributed by atoms with Crippen molar-refractivity contribution in [1.29, 1.82) is 0 Å². The summed E-state index contributed by atoms with van der Waals surface area (Å²) in [4.78, 5) is 21.6. The Morgan fingerprint density at radius 2 is 2.33 bits per heavy atom. The maximum absolute atomic E-state index is 11.9. The lowest BCUT2D eigenvalue weighted by atomic mass is 10.00. The molecule has 1 saturated heterocycles. The standard InChI is InChI=1S/C11H14F2N4O/c1-7-2-3-14-11(16-7)17-5-8(6-17)10(18)15-4-9(12)13/h2-3,8-9H,4-6H2,1H3,(H,15,18). The predicted molar refractivity (Wildman–Crippen MR) is 61.5 cm³/mol. The van der Waals surface area contributed by atoms with Crippen molar-refractivity contribution in [3.8, 4) is 0 Å². The van der Waals surface area contributed by atoms with Crippen LogP contribution >= 0.6 is 0 Å². The van der Waals surface area contributed by atoms with Gasteiger partial charge in [-0.25, -0.2) is 18.7 Å². The molecule has 1 aromatic heterocycles. The molecular weight excluding hydrogens is 242 g/mol. The lowest BCUT2D eigenvalue weighted by Crippen LogP contribution is -2.54. The van der Waals surface area contributed by atoms with Crippen LogP contribution in [0.4, 0.5) is 14.7 Å². The van der Waals surface area contributed by atoms with Crippen molar-refractivity contribution in [1.82, 2.24) is 15.3 Å². The molecule has 0 aromatic carbocycles. The van der Waals surface area contributed by atoms with Gasteiger partial charge >= 0.3 is 0 Å². The molecule has 0 radical (unpaired) electrons. The number of amides is 1. The molecule has 1 amide bonds. The second-order valence-corrected chi connectivity index (χ2v) is 4.24. The van der Waals surface area contributed by atoms with Gasteiger partial charge in [0.15, 0.2) is 0 Å². The number of carbonyl (C=O) groups is 1. The minimum Gasteiger partial charge on any atom is -0.350 e. The number of nitrogens with zero attached hydrogens (tertiary/aromatic N) is 3. The third kappa shape index (κ3) is 2.91. The Kier molecular flexibility index (Phi) is 3.69. The molecule has 0 saturated carbocycles. The van der Waals surface area contributed by atoms with Gasteiger partial charge in [-0.2, -0.15) is 0 Å². The number of nitrogens with one attached hydrogen (secondary N) is 1. The zero-order valence-electron chi connectivity index (χ0n) is 9.94. The summed E-state index contributed by atoms with van der Waals surface area (Å²) < 4.78 is 23.8. The maximum atomic E-state index is 11.9. The van der Waals surface area contributed by atoms with Crippen molar-refractivity contribution in [2.45, 2.75) is 13.3 Å². The lowest BCUT2D eigenvalue weighted by molar-refractivity contribution is -0.126. The van der Waals surface area contributed by atoms with E-state index >= 15 is 0 Å². The molecule has 1 N–H and O–H groups in total. The molecule has 1 aromatic rings. The molecule has 2 rings (SSSR count). The van der Waals surface area contributed by atoms with Gasteiger partial charge in [0.2, 0.25) is 11.9 Å². The molecule has 1 aliphatic rings. The highest BCUT2D eigenvalue weighted by atomic mass is 19.3. The van der Waals surface area contributed by atoms with Gasteiger partial charge < -0.3 is 10.2 Å². The summed E-state index contributed by atoms with van der Waals surface area (Å²) in [6.45, 7) is 2.21. The van der Waals surface area contributed by atoms with Gasteiger partial charge in [0, 0.05) is 25.0 Å². The molecule has 0 atom stereocenters. The van der Waals surface area contributed by atoms with Crippen LogP contribution in [-0.4, -0.2) is 41.9 Å². The van der Waals surface area contributed by atoms with E-state index in [9.17, 15) is 13.6 Å². The summed E-state index contributed by atoms with van der Waals surface area (Å²) in [6.07, 6.45) is -0.854. The largest absolute Gasteiger partial charge is 0.350 e. The van der Waals surface area contributed by atoms with Crippen LogP contribution in [0, 0.1) is 12.8 Å². The maximum Gasteiger partial charge on any atom is 0.255 e. The number of hydrogen-bond acceptors (Lipinski definition) is 4. The van der Waals surface area contributed by atoms with E-state index in [2.05, 4.69) is 15.3 Å². The summed E-state index contributed by atoms with van der Waals surface area (Å²) in [6, 6.07) is 1.79. The first-order valence-electron chi connectivity index (χ1n) is 5.66. The van der Waals surface area contributed by atoms with Crippen LogP contribution in [0.3, 0.4) is 0 Å². The highest BCUT2D eigenvalue weighted by molar-refractivity contribution is 5.81. The van der Waals surface area contributed by atoms with Crippen molar-refractivity contribution >= 4 is 11.9 Å². The van der Waals surface area contributed by atoms with Gasteiger partial charge in [0.05, 0.1) is 12.5 Å². The topological polar surface area (TPSA) is 58.1 Å². The van der Waals surface area contributed by atoms with Crippen molar-refractivity contribution < 1.29 is 13.6 Å². The molecule has 2 heterocycles. The number of alkyl halides is 2. The number of anilines is 1. The lowest BCUT2D eigenvalue weighted by Gasteiger charge is -2.38. The minimum atomic E-state index is -2.51. The third-order valence-corrected chi connectivity index (χ3v) is 2.75. The Labute approximate surface area is 103 Å².